The third-order valence-electron chi connectivity index (χ3n) is 3.05. The van der Waals surface area contributed by atoms with Gasteiger partial charge in [-0.15, -0.1) is 0 Å². The number of aryl methyl sites for hydroxylation is 1. The Morgan fingerprint density at radius 2 is 1.53 bits per heavy atom. The molecule has 0 nitrogen and oxygen atoms in total. The largest absolute Gasteiger partial charge is 0.0622 e. The second-order valence-corrected chi connectivity index (χ2v) is 4.28. The van der Waals surface area contributed by atoms with E-state index in [-0.39, 0.29) is 0 Å². The van der Waals surface area contributed by atoms with Gasteiger partial charge in [0.05, 0.1) is 0 Å². The predicted molar refractivity (Wildman–Crippen MR) is 73.0 cm³/mol. The first-order chi connectivity index (χ1) is 8.34. The van der Waals surface area contributed by atoms with Crippen LogP contribution in [0.5, 0.6) is 0 Å². The Hall–Kier alpha value is -2.08. The van der Waals surface area contributed by atoms with Crippen molar-refractivity contribution in [1.82, 2.24) is 0 Å². The van der Waals surface area contributed by atoms with Crippen LogP contribution in [-0.4, -0.2) is 0 Å². The molecule has 0 saturated heterocycles. The van der Waals surface area contributed by atoms with Crippen LogP contribution >= 0.6 is 0 Å². The summed E-state index contributed by atoms with van der Waals surface area (Å²) in [6.45, 7) is 2.14. The Labute approximate surface area is 102 Å². The van der Waals surface area contributed by atoms with Gasteiger partial charge in [0, 0.05) is 0 Å². The van der Waals surface area contributed by atoms with Gasteiger partial charge in [-0.2, -0.15) is 0 Å². The smallest absolute Gasteiger partial charge is 0.00116 e. The summed E-state index contributed by atoms with van der Waals surface area (Å²) in [5.41, 5.74) is 3.70. The van der Waals surface area contributed by atoms with Crippen molar-refractivity contribution >= 4 is 10.8 Å². The minimum Gasteiger partial charge on any atom is -0.0622 e. The van der Waals surface area contributed by atoms with Crippen molar-refractivity contribution in [3.63, 3.8) is 0 Å². The van der Waals surface area contributed by atoms with Crippen molar-refractivity contribution in [2.75, 3.05) is 0 Å². The highest BCUT2D eigenvalue weighted by molar-refractivity contribution is 5.88. The molecule has 0 aliphatic heterocycles. The number of fused-ring (bicyclic) bond motifs is 1. The van der Waals surface area contributed by atoms with E-state index in [1.165, 1.54) is 27.5 Å². The Balaban J connectivity index is 2.27. The Kier molecular flexibility index (Phi) is 2.41. The van der Waals surface area contributed by atoms with Crippen LogP contribution in [0.1, 0.15) is 5.56 Å². The maximum Gasteiger partial charge on any atom is -0.00116 e. The van der Waals surface area contributed by atoms with Crippen LogP contribution in [0.2, 0.25) is 0 Å². The predicted octanol–water partition coefficient (Wildman–Crippen LogP) is 4.62. The molecule has 3 rings (SSSR count). The van der Waals surface area contributed by atoms with Crippen LogP contribution in [0, 0.1) is 13.0 Å². The van der Waals surface area contributed by atoms with Crippen LogP contribution in [0.15, 0.2) is 60.7 Å². The first-order valence-corrected chi connectivity index (χ1v) is 5.82. The highest BCUT2D eigenvalue weighted by Crippen LogP contribution is 2.27. The third-order valence-corrected chi connectivity index (χ3v) is 3.05. The third kappa shape index (κ3) is 1.83. The summed E-state index contributed by atoms with van der Waals surface area (Å²) in [6, 6.07) is 24.6. The van der Waals surface area contributed by atoms with E-state index < -0.39 is 0 Å². The Morgan fingerprint density at radius 1 is 0.824 bits per heavy atom. The van der Waals surface area contributed by atoms with Gasteiger partial charge < -0.3 is 0 Å². The molecule has 0 atom stereocenters. The standard InChI is InChI=1S/C17H13/c1-13-11-15-9-5-6-10-16(15)12-17(13)14-7-3-2-4-8-14/h2-11H,1H3. The lowest BCUT2D eigenvalue weighted by Gasteiger charge is -2.07. The fourth-order valence-corrected chi connectivity index (χ4v) is 2.18. The molecule has 0 aliphatic carbocycles. The molecular formula is C17H13. The van der Waals surface area contributed by atoms with Gasteiger partial charge in [-0.1, -0.05) is 60.7 Å². The number of hydrogen-bond donors (Lipinski definition) is 0. The average molecular weight is 217 g/mol. The molecule has 0 spiro atoms. The molecule has 0 aliphatic rings. The summed E-state index contributed by atoms with van der Waals surface area (Å²) in [6.07, 6.45) is 0. The highest BCUT2D eigenvalue weighted by Gasteiger charge is 2.03. The SMILES string of the molecule is Cc1cc2ccccc2[c]c1-c1ccccc1. The van der Waals surface area contributed by atoms with Crippen molar-refractivity contribution in [2.24, 2.45) is 0 Å². The quantitative estimate of drug-likeness (QED) is 0.558. The van der Waals surface area contributed by atoms with Gasteiger partial charge in [0.25, 0.3) is 0 Å². The van der Waals surface area contributed by atoms with E-state index >= 15 is 0 Å². The minimum atomic E-state index is 1.18. The summed E-state index contributed by atoms with van der Waals surface area (Å²) in [4.78, 5) is 0. The van der Waals surface area contributed by atoms with Crippen LogP contribution < -0.4 is 0 Å². The Bertz CT molecular complexity index is 651. The van der Waals surface area contributed by atoms with Crippen LogP contribution in [0.25, 0.3) is 21.9 Å². The van der Waals surface area contributed by atoms with Gasteiger partial charge in [0.2, 0.25) is 0 Å². The van der Waals surface area contributed by atoms with Crippen LogP contribution in [-0.2, 0) is 0 Å². The molecule has 3 aromatic carbocycles. The summed E-state index contributed by atoms with van der Waals surface area (Å²) < 4.78 is 0. The average Bonchev–Trinajstić information content (AvgIpc) is 2.39. The maximum atomic E-state index is 3.51. The van der Waals surface area contributed by atoms with E-state index in [0.717, 1.165) is 0 Å². The van der Waals surface area contributed by atoms with E-state index in [9.17, 15) is 0 Å². The molecule has 0 fully saturated rings. The lowest BCUT2D eigenvalue weighted by Crippen LogP contribution is -1.84. The van der Waals surface area contributed by atoms with Crippen molar-refractivity contribution in [2.45, 2.75) is 6.92 Å². The highest BCUT2D eigenvalue weighted by atomic mass is 14.1. The lowest BCUT2D eigenvalue weighted by atomic mass is 9.96. The molecule has 0 saturated carbocycles. The van der Waals surface area contributed by atoms with Crippen molar-refractivity contribution in [3.05, 3.63) is 72.3 Å². The molecule has 0 amide bonds. The number of hydrogen-bond acceptors (Lipinski definition) is 0. The van der Waals surface area contributed by atoms with Crippen LogP contribution in [0.3, 0.4) is 0 Å². The van der Waals surface area contributed by atoms with Gasteiger partial charge in [-0.05, 0) is 40.5 Å². The molecule has 0 heteroatoms. The van der Waals surface area contributed by atoms with E-state index in [4.69, 9.17) is 0 Å². The molecule has 1 radical (unpaired) electrons. The molecule has 81 valence electrons. The lowest BCUT2D eigenvalue weighted by molar-refractivity contribution is 1.48. The van der Waals surface area contributed by atoms with Crippen molar-refractivity contribution in [3.8, 4) is 11.1 Å². The molecule has 0 heterocycles. The van der Waals surface area contributed by atoms with E-state index in [2.05, 4.69) is 67.6 Å². The summed E-state index contributed by atoms with van der Waals surface area (Å²) in [5, 5.41) is 2.43. The minimum absolute atomic E-state index is 1.18. The normalized spacial score (nSPS) is 10.6. The van der Waals surface area contributed by atoms with E-state index in [0.29, 0.717) is 0 Å². The van der Waals surface area contributed by atoms with Gasteiger partial charge in [-0.3, -0.25) is 0 Å². The zero-order chi connectivity index (χ0) is 11.7. The van der Waals surface area contributed by atoms with Gasteiger partial charge in [-0.25, -0.2) is 0 Å². The fourth-order valence-electron chi connectivity index (χ4n) is 2.18. The summed E-state index contributed by atoms with van der Waals surface area (Å²) in [5.74, 6) is 0. The zero-order valence-corrected chi connectivity index (χ0v) is 9.77. The second kappa shape index (κ2) is 4.06. The Morgan fingerprint density at radius 3 is 2.35 bits per heavy atom. The molecule has 0 aromatic heterocycles. The fraction of sp³-hybridized carbons (Fsp3) is 0.0588. The van der Waals surface area contributed by atoms with E-state index in [1.54, 1.807) is 0 Å². The summed E-state index contributed by atoms with van der Waals surface area (Å²) >= 11 is 0. The van der Waals surface area contributed by atoms with Crippen LogP contribution in [0.4, 0.5) is 0 Å². The molecule has 0 unspecified atom stereocenters. The molecule has 0 N–H and O–H groups in total. The summed E-state index contributed by atoms with van der Waals surface area (Å²) in [7, 11) is 0. The van der Waals surface area contributed by atoms with Gasteiger partial charge >= 0.3 is 0 Å². The van der Waals surface area contributed by atoms with Gasteiger partial charge in [0.1, 0.15) is 0 Å². The molecule has 3 aromatic rings. The molecular weight excluding hydrogens is 204 g/mol. The monoisotopic (exact) mass is 217 g/mol. The first-order valence-electron chi connectivity index (χ1n) is 5.82. The second-order valence-electron chi connectivity index (χ2n) is 4.28. The number of benzene rings is 3. The van der Waals surface area contributed by atoms with Gasteiger partial charge in [0.15, 0.2) is 0 Å². The van der Waals surface area contributed by atoms with Crippen molar-refractivity contribution < 1.29 is 0 Å². The zero-order valence-electron chi connectivity index (χ0n) is 9.77. The molecule has 17 heavy (non-hydrogen) atoms. The number of rotatable bonds is 1. The molecule has 0 bridgehead atoms. The maximum absolute atomic E-state index is 3.51. The van der Waals surface area contributed by atoms with Crippen molar-refractivity contribution in [1.29, 1.82) is 0 Å². The topological polar surface area (TPSA) is 0 Å². The van der Waals surface area contributed by atoms with E-state index in [1.807, 2.05) is 6.07 Å². The first kappa shape index (κ1) is 10.1.